The van der Waals surface area contributed by atoms with Crippen molar-refractivity contribution in [3.05, 3.63) is 62.5 Å². The predicted molar refractivity (Wildman–Crippen MR) is 111 cm³/mol. The summed E-state index contributed by atoms with van der Waals surface area (Å²) in [6.45, 7) is 2.23. The fraction of sp³-hybridized carbons (Fsp3) is 0.158. The first-order valence-electron chi connectivity index (χ1n) is 7.70. The van der Waals surface area contributed by atoms with Crippen LogP contribution in [0.3, 0.4) is 0 Å². The molecule has 0 saturated carbocycles. The highest BCUT2D eigenvalue weighted by atomic mass is 79.9. The van der Waals surface area contributed by atoms with Gasteiger partial charge in [-0.3, -0.25) is 0 Å². The second-order valence-electron chi connectivity index (χ2n) is 5.23. The van der Waals surface area contributed by atoms with Crippen LogP contribution in [0, 0.1) is 12.5 Å². The molecule has 2 aromatic carbocycles. The lowest BCUT2D eigenvalue weighted by molar-refractivity contribution is 0.294. The summed E-state index contributed by atoms with van der Waals surface area (Å²) in [6.07, 6.45) is 5.97. The number of nitrogens with zero attached hydrogens (tertiary/aromatic N) is 2. The summed E-state index contributed by atoms with van der Waals surface area (Å²) in [7, 11) is 0. The highest BCUT2D eigenvalue weighted by Crippen LogP contribution is 2.33. The van der Waals surface area contributed by atoms with Crippen molar-refractivity contribution in [3.8, 4) is 18.2 Å². The smallest absolute Gasteiger partial charge is 0.319 e. The van der Waals surface area contributed by atoms with Gasteiger partial charge in [0.15, 0.2) is 0 Å². The number of amidine groups is 1. The van der Waals surface area contributed by atoms with Gasteiger partial charge in [0, 0.05) is 12.5 Å². The molecule has 0 aromatic heterocycles. The largest absolute Gasteiger partial charge is 0.506 e. The number of rotatable bonds is 5. The number of ether oxygens (including phenoxy) is 1. The molecule has 2 N–H and O–H groups in total. The molecule has 0 radical (unpaired) electrons. The number of aromatic hydroxyl groups is 1. The molecule has 5 nitrogen and oxygen atoms in total. The van der Waals surface area contributed by atoms with Crippen molar-refractivity contribution in [2.24, 2.45) is 10.1 Å². The average Bonchev–Trinajstić information content (AvgIpc) is 2.64. The molecule has 0 spiro atoms. The number of hydrogen-bond acceptors (Lipinski definition) is 4. The lowest BCUT2D eigenvalue weighted by Gasteiger charge is -2.09. The van der Waals surface area contributed by atoms with Crippen LogP contribution in [-0.4, -0.2) is 23.4 Å². The molecule has 0 heterocycles. The molecule has 0 aliphatic rings. The van der Waals surface area contributed by atoms with Gasteiger partial charge in [-0.15, -0.1) is 4.99 Å². The van der Waals surface area contributed by atoms with E-state index in [4.69, 9.17) is 11.2 Å². The van der Waals surface area contributed by atoms with Crippen LogP contribution in [0.15, 0.2) is 61.5 Å². The number of benzene rings is 2. The van der Waals surface area contributed by atoms with Crippen LogP contribution in [0.1, 0.15) is 18.1 Å². The zero-order chi connectivity index (χ0) is 18.9. The molecule has 0 fully saturated rings. The van der Waals surface area contributed by atoms with E-state index in [2.05, 4.69) is 53.4 Å². The average molecular weight is 479 g/mol. The van der Waals surface area contributed by atoms with Gasteiger partial charge < -0.3 is 9.84 Å². The van der Waals surface area contributed by atoms with Gasteiger partial charge in [-0.25, -0.2) is 5.43 Å². The standard InChI is InChI=1S/C19H17Br2N3O2/c1-3-22-19(26-10-9-14-7-5-4-6-8-14)24-23-13(2)15-11-16(20)18(25)17(21)12-15/h1,4-8,11-12,25H,9-10H2,2H3,(H,22,24)/b23-13+. The van der Waals surface area contributed by atoms with Crippen LogP contribution >= 0.6 is 31.9 Å². The SMILES string of the molecule is C#CN=C(N/N=C(\C)c1cc(Br)c(O)c(Br)c1)OCCc1ccccc1. The Kier molecular flexibility index (Phi) is 7.70. The molecular weight excluding hydrogens is 462 g/mol. The fourth-order valence-electron chi connectivity index (χ4n) is 2.03. The molecular formula is C19H17Br2N3O2. The summed E-state index contributed by atoms with van der Waals surface area (Å²) in [5.41, 5.74) is 5.37. The van der Waals surface area contributed by atoms with E-state index in [1.54, 1.807) is 12.1 Å². The Balaban J connectivity index is 2.00. The van der Waals surface area contributed by atoms with Crippen molar-refractivity contribution in [2.75, 3.05) is 6.61 Å². The van der Waals surface area contributed by atoms with Crippen molar-refractivity contribution in [1.82, 2.24) is 5.43 Å². The molecule has 7 heteroatoms. The van der Waals surface area contributed by atoms with E-state index in [1.165, 1.54) is 0 Å². The first-order valence-corrected chi connectivity index (χ1v) is 9.28. The quantitative estimate of drug-likeness (QED) is 0.289. The first kappa shape index (κ1) is 20.0. The number of aliphatic imine (C=N–C) groups is 1. The molecule has 0 aliphatic heterocycles. The Morgan fingerprint density at radius 2 is 1.88 bits per heavy atom. The van der Waals surface area contributed by atoms with Gasteiger partial charge in [0.2, 0.25) is 0 Å². The molecule has 0 atom stereocenters. The lowest BCUT2D eigenvalue weighted by atomic mass is 10.1. The van der Waals surface area contributed by atoms with E-state index >= 15 is 0 Å². The summed E-state index contributed by atoms with van der Waals surface area (Å²) < 4.78 is 6.70. The minimum absolute atomic E-state index is 0.133. The van der Waals surface area contributed by atoms with Crippen LogP contribution in [-0.2, 0) is 11.2 Å². The monoisotopic (exact) mass is 477 g/mol. The second-order valence-corrected chi connectivity index (χ2v) is 6.94. The summed E-state index contributed by atoms with van der Waals surface area (Å²) in [6, 6.07) is 15.8. The van der Waals surface area contributed by atoms with Crippen LogP contribution in [0.4, 0.5) is 0 Å². The maximum atomic E-state index is 9.78. The number of halogens is 2. The molecule has 0 saturated heterocycles. The predicted octanol–water partition coefficient (Wildman–Crippen LogP) is 4.44. The zero-order valence-electron chi connectivity index (χ0n) is 14.0. The van der Waals surface area contributed by atoms with Crippen molar-refractivity contribution in [2.45, 2.75) is 13.3 Å². The van der Waals surface area contributed by atoms with Crippen LogP contribution in [0.25, 0.3) is 0 Å². The summed E-state index contributed by atoms with van der Waals surface area (Å²) in [5.74, 6) is 0.133. The van der Waals surface area contributed by atoms with Gasteiger partial charge in [-0.1, -0.05) is 36.8 Å². The van der Waals surface area contributed by atoms with Gasteiger partial charge in [0.05, 0.1) is 21.3 Å². The first-order chi connectivity index (χ1) is 12.5. The summed E-state index contributed by atoms with van der Waals surface area (Å²) in [4.78, 5) is 3.82. The zero-order valence-corrected chi connectivity index (χ0v) is 17.2. The number of hydrazone groups is 1. The number of nitrogens with one attached hydrogen (secondary N) is 1. The molecule has 0 aliphatic carbocycles. The molecule has 0 bridgehead atoms. The van der Waals surface area contributed by atoms with Crippen molar-refractivity contribution < 1.29 is 9.84 Å². The number of phenols is 1. The van der Waals surface area contributed by atoms with Gasteiger partial charge in [-0.05, 0) is 62.0 Å². The maximum Gasteiger partial charge on any atom is 0.319 e. The van der Waals surface area contributed by atoms with E-state index in [0.717, 1.165) is 17.5 Å². The molecule has 2 aromatic rings. The number of terminal acetylenes is 1. The van der Waals surface area contributed by atoms with Crippen LogP contribution in [0.2, 0.25) is 0 Å². The minimum Gasteiger partial charge on any atom is -0.506 e. The highest BCUT2D eigenvalue weighted by molar-refractivity contribution is 9.11. The van der Waals surface area contributed by atoms with E-state index < -0.39 is 0 Å². The van der Waals surface area contributed by atoms with Crippen LogP contribution < -0.4 is 5.43 Å². The Bertz CT molecular complexity index is 836. The van der Waals surface area contributed by atoms with Gasteiger partial charge in [0.25, 0.3) is 0 Å². The Hall–Kier alpha value is -2.30. The summed E-state index contributed by atoms with van der Waals surface area (Å²) in [5, 5.41) is 14.0. The molecule has 0 amide bonds. The molecule has 134 valence electrons. The second kappa shape index (κ2) is 10.00. The topological polar surface area (TPSA) is 66.2 Å². The number of phenolic OH excluding ortho intramolecular Hbond substituents is 1. The van der Waals surface area contributed by atoms with E-state index in [9.17, 15) is 5.11 Å². The van der Waals surface area contributed by atoms with Crippen molar-refractivity contribution in [1.29, 1.82) is 0 Å². The third kappa shape index (κ3) is 5.90. The molecule has 0 unspecified atom stereocenters. The number of hydrogen-bond donors (Lipinski definition) is 2. The van der Waals surface area contributed by atoms with Gasteiger partial charge >= 0.3 is 6.02 Å². The van der Waals surface area contributed by atoms with Gasteiger partial charge in [-0.2, -0.15) is 5.10 Å². The Morgan fingerprint density at radius 3 is 2.50 bits per heavy atom. The fourth-order valence-corrected chi connectivity index (χ4v) is 3.22. The van der Waals surface area contributed by atoms with Crippen LogP contribution in [0.5, 0.6) is 5.75 Å². The molecule has 26 heavy (non-hydrogen) atoms. The van der Waals surface area contributed by atoms with Crippen molar-refractivity contribution in [3.63, 3.8) is 0 Å². The van der Waals surface area contributed by atoms with Crippen molar-refractivity contribution >= 4 is 43.6 Å². The third-order valence-corrected chi connectivity index (χ3v) is 4.60. The Morgan fingerprint density at radius 1 is 1.23 bits per heavy atom. The normalized spacial score (nSPS) is 11.8. The van der Waals surface area contributed by atoms with Gasteiger partial charge in [0.1, 0.15) is 5.75 Å². The van der Waals surface area contributed by atoms with E-state index in [1.807, 2.05) is 37.3 Å². The minimum atomic E-state index is 0.133. The Labute approximate surface area is 169 Å². The third-order valence-electron chi connectivity index (χ3n) is 3.39. The van der Waals surface area contributed by atoms with E-state index in [-0.39, 0.29) is 11.8 Å². The molecule has 2 rings (SSSR count). The summed E-state index contributed by atoms with van der Waals surface area (Å²) >= 11 is 6.59. The maximum absolute atomic E-state index is 9.78. The lowest BCUT2D eigenvalue weighted by Crippen LogP contribution is -2.23. The highest BCUT2D eigenvalue weighted by Gasteiger charge is 2.08. The van der Waals surface area contributed by atoms with E-state index in [0.29, 0.717) is 21.3 Å².